The lowest BCUT2D eigenvalue weighted by atomic mass is 9.90. The number of hydrogen-bond acceptors (Lipinski definition) is 2. The number of para-hydroxylation sites is 1. The van der Waals surface area contributed by atoms with E-state index < -0.39 is 5.41 Å². The topological polar surface area (TPSA) is 58.2 Å². The van der Waals surface area contributed by atoms with Gasteiger partial charge in [-0.15, -0.1) is 0 Å². The molecule has 20 heavy (non-hydrogen) atoms. The first kappa shape index (κ1) is 16.2. The van der Waals surface area contributed by atoms with E-state index in [0.717, 1.165) is 23.2 Å². The summed E-state index contributed by atoms with van der Waals surface area (Å²) in [6, 6.07) is 5.82. The smallest absolute Gasteiger partial charge is 0.239 e. The van der Waals surface area contributed by atoms with Gasteiger partial charge in [0.05, 0.1) is 0 Å². The maximum Gasteiger partial charge on any atom is 0.239 e. The van der Waals surface area contributed by atoms with Crippen molar-refractivity contribution < 1.29 is 9.59 Å². The number of hydrogen-bond donors (Lipinski definition) is 2. The van der Waals surface area contributed by atoms with Gasteiger partial charge in [-0.1, -0.05) is 25.1 Å². The van der Waals surface area contributed by atoms with Gasteiger partial charge in [0.15, 0.2) is 0 Å². The third-order valence-electron chi connectivity index (χ3n) is 3.39. The van der Waals surface area contributed by atoms with Crippen molar-refractivity contribution in [1.82, 2.24) is 5.32 Å². The fourth-order valence-electron chi connectivity index (χ4n) is 1.84. The summed E-state index contributed by atoms with van der Waals surface area (Å²) >= 11 is 0. The summed E-state index contributed by atoms with van der Waals surface area (Å²) in [5.74, 6) is -0.536. The molecule has 0 unspecified atom stereocenters. The molecule has 1 rings (SSSR count). The van der Waals surface area contributed by atoms with E-state index in [1.165, 1.54) is 0 Å². The van der Waals surface area contributed by atoms with Crippen LogP contribution >= 0.6 is 0 Å². The highest BCUT2D eigenvalue weighted by molar-refractivity contribution is 6.10. The van der Waals surface area contributed by atoms with Gasteiger partial charge in [0.25, 0.3) is 0 Å². The van der Waals surface area contributed by atoms with Crippen LogP contribution in [-0.2, 0) is 9.59 Å². The molecular formula is C16H24N2O2. The van der Waals surface area contributed by atoms with Crippen LogP contribution in [0.15, 0.2) is 18.2 Å². The number of aryl methyl sites for hydroxylation is 2. The van der Waals surface area contributed by atoms with Gasteiger partial charge in [-0.2, -0.15) is 0 Å². The van der Waals surface area contributed by atoms with E-state index in [-0.39, 0.29) is 11.8 Å². The molecule has 0 fully saturated rings. The molecule has 0 saturated heterocycles. The predicted molar refractivity (Wildman–Crippen MR) is 81.6 cm³/mol. The monoisotopic (exact) mass is 276 g/mol. The Morgan fingerprint density at radius 3 is 2.15 bits per heavy atom. The van der Waals surface area contributed by atoms with Crippen LogP contribution in [0.25, 0.3) is 0 Å². The lowest BCUT2D eigenvalue weighted by Gasteiger charge is -2.23. The first-order valence-corrected chi connectivity index (χ1v) is 6.96. The van der Waals surface area contributed by atoms with Crippen molar-refractivity contribution in [3.05, 3.63) is 29.3 Å². The van der Waals surface area contributed by atoms with Gasteiger partial charge < -0.3 is 10.6 Å². The zero-order valence-corrected chi connectivity index (χ0v) is 13.0. The summed E-state index contributed by atoms with van der Waals surface area (Å²) in [6.07, 6.45) is 0.848. The number of rotatable bonds is 5. The van der Waals surface area contributed by atoms with E-state index >= 15 is 0 Å². The Morgan fingerprint density at radius 2 is 1.65 bits per heavy atom. The second kappa shape index (κ2) is 6.55. The molecular weight excluding hydrogens is 252 g/mol. The van der Waals surface area contributed by atoms with Gasteiger partial charge in [-0.25, -0.2) is 0 Å². The molecule has 1 aromatic carbocycles. The van der Waals surface area contributed by atoms with Crippen molar-refractivity contribution in [2.24, 2.45) is 5.41 Å². The number of amides is 2. The van der Waals surface area contributed by atoms with Crippen LogP contribution in [0.5, 0.6) is 0 Å². The van der Waals surface area contributed by atoms with Crippen LogP contribution in [0, 0.1) is 19.3 Å². The molecule has 2 N–H and O–H groups in total. The summed E-state index contributed by atoms with van der Waals surface area (Å²) in [4.78, 5) is 24.4. The SMILES string of the molecule is CCCNC(=O)C(C)(C)C(=O)Nc1c(C)cccc1C. The Hall–Kier alpha value is -1.84. The fourth-order valence-corrected chi connectivity index (χ4v) is 1.84. The second-order valence-corrected chi connectivity index (χ2v) is 5.60. The standard InChI is InChI=1S/C16H24N2O2/c1-6-10-17-14(19)16(4,5)15(20)18-13-11(2)8-7-9-12(13)3/h7-9H,6,10H2,1-5H3,(H,17,19)(H,18,20). The molecule has 0 radical (unpaired) electrons. The third-order valence-corrected chi connectivity index (χ3v) is 3.39. The van der Waals surface area contributed by atoms with E-state index in [2.05, 4.69) is 10.6 Å². The molecule has 0 bridgehead atoms. The van der Waals surface area contributed by atoms with Gasteiger partial charge in [-0.05, 0) is 45.2 Å². The van der Waals surface area contributed by atoms with Crippen LogP contribution in [-0.4, -0.2) is 18.4 Å². The fraction of sp³-hybridized carbons (Fsp3) is 0.500. The number of carbonyl (C=O) groups excluding carboxylic acids is 2. The molecule has 0 aliphatic rings. The molecule has 0 aliphatic heterocycles. The quantitative estimate of drug-likeness (QED) is 0.812. The zero-order valence-electron chi connectivity index (χ0n) is 13.0. The lowest BCUT2D eigenvalue weighted by molar-refractivity contribution is -0.138. The average molecular weight is 276 g/mol. The number of benzene rings is 1. The van der Waals surface area contributed by atoms with Gasteiger partial charge in [-0.3, -0.25) is 9.59 Å². The van der Waals surface area contributed by atoms with Crippen LogP contribution in [0.3, 0.4) is 0 Å². The highest BCUT2D eigenvalue weighted by Crippen LogP contribution is 2.24. The summed E-state index contributed by atoms with van der Waals surface area (Å²) < 4.78 is 0. The molecule has 4 nitrogen and oxygen atoms in total. The molecule has 1 aromatic rings. The van der Waals surface area contributed by atoms with Crippen LogP contribution in [0.4, 0.5) is 5.69 Å². The minimum Gasteiger partial charge on any atom is -0.355 e. The Bertz CT molecular complexity index is 487. The van der Waals surface area contributed by atoms with Crippen LogP contribution < -0.4 is 10.6 Å². The summed E-state index contributed by atoms with van der Waals surface area (Å²) in [7, 11) is 0. The highest BCUT2D eigenvalue weighted by Gasteiger charge is 2.36. The lowest BCUT2D eigenvalue weighted by Crippen LogP contribution is -2.45. The minimum atomic E-state index is -1.09. The highest BCUT2D eigenvalue weighted by atomic mass is 16.2. The molecule has 0 atom stereocenters. The number of anilines is 1. The maximum atomic E-state index is 12.4. The third kappa shape index (κ3) is 3.59. The Kier molecular flexibility index (Phi) is 5.31. The second-order valence-electron chi connectivity index (χ2n) is 5.60. The van der Waals surface area contributed by atoms with Crippen LogP contribution in [0.1, 0.15) is 38.3 Å². The maximum absolute atomic E-state index is 12.4. The van der Waals surface area contributed by atoms with E-state index in [1.54, 1.807) is 13.8 Å². The molecule has 0 saturated carbocycles. The zero-order chi connectivity index (χ0) is 15.3. The molecule has 110 valence electrons. The molecule has 4 heteroatoms. The summed E-state index contributed by atoms with van der Waals surface area (Å²) in [5.41, 5.74) is 1.67. The van der Waals surface area contributed by atoms with E-state index in [0.29, 0.717) is 6.54 Å². The summed E-state index contributed by atoms with van der Waals surface area (Å²) in [5, 5.41) is 5.65. The Morgan fingerprint density at radius 1 is 1.10 bits per heavy atom. The number of nitrogens with one attached hydrogen (secondary N) is 2. The van der Waals surface area contributed by atoms with E-state index in [4.69, 9.17) is 0 Å². The molecule has 0 spiro atoms. The van der Waals surface area contributed by atoms with Gasteiger partial charge in [0, 0.05) is 12.2 Å². The summed E-state index contributed by atoms with van der Waals surface area (Å²) in [6.45, 7) is 9.71. The van der Waals surface area contributed by atoms with Gasteiger partial charge in [0.1, 0.15) is 5.41 Å². The number of carbonyl (C=O) groups is 2. The van der Waals surface area contributed by atoms with Crippen molar-refractivity contribution in [3.63, 3.8) is 0 Å². The first-order chi connectivity index (χ1) is 9.30. The molecule has 0 aromatic heterocycles. The largest absolute Gasteiger partial charge is 0.355 e. The van der Waals surface area contributed by atoms with Crippen molar-refractivity contribution in [3.8, 4) is 0 Å². The van der Waals surface area contributed by atoms with Crippen molar-refractivity contribution >= 4 is 17.5 Å². The van der Waals surface area contributed by atoms with E-state index in [1.807, 2.05) is 39.0 Å². The predicted octanol–water partition coefficient (Wildman–Crippen LogP) is 2.79. The molecule has 0 aliphatic carbocycles. The van der Waals surface area contributed by atoms with Gasteiger partial charge >= 0.3 is 0 Å². The Balaban J connectivity index is 2.87. The van der Waals surface area contributed by atoms with E-state index in [9.17, 15) is 9.59 Å². The molecule has 0 heterocycles. The Labute approximate surface area is 121 Å². The first-order valence-electron chi connectivity index (χ1n) is 6.96. The minimum absolute atomic E-state index is 0.247. The molecule has 2 amide bonds. The average Bonchev–Trinajstić information content (AvgIpc) is 2.39. The van der Waals surface area contributed by atoms with Gasteiger partial charge in [0.2, 0.25) is 11.8 Å². The van der Waals surface area contributed by atoms with Crippen molar-refractivity contribution in [2.75, 3.05) is 11.9 Å². The van der Waals surface area contributed by atoms with Crippen molar-refractivity contribution in [2.45, 2.75) is 41.0 Å². The normalized spacial score (nSPS) is 11.1. The van der Waals surface area contributed by atoms with Crippen molar-refractivity contribution in [1.29, 1.82) is 0 Å². The van der Waals surface area contributed by atoms with Crippen LogP contribution in [0.2, 0.25) is 0 Å².